The second-order valence-corrected chi connectivity index (χ2v) is 7.24. The predicted octanol–water partition coefficient (Wildman–Crippen LogP) is 3.75. The molecule has 0 saturated carbocycles. The van der Waals surface area contributed by atoms with Crippen molar-refractivity contribution in [3.8, 4) is 0 Å². The summed E-state index contributed by atoms with van der Waals surface area (Å²) >= 11 is 0. The first-order chi connectivity index (χ1) is 12.8. The van der Waals surface area contributed by atoms with Crippen LogP contribution in [-0.4, -0.2) is 17.2 Å². The summed E-state index contributed by atoms with van der Waals surface area (Å²) in [6, 6.07) is 14.6. The molecule has 1 heterocycles. The highest BCUT2D eigenvalue weighted by Gasteiger charge is 2.30. The van der Waals surface area contributed by atoms with E-state index < -0.39 is 5.91 Å². The van der Waals surface area contributed by atoms with Gasteiger partial charge in [0.05, 0.1) is 11.4 Å². The molecule has 2 aromatic rings. The zero-order valence-corrected chi connectivity index (χ0v) is 15.6. The average Bonchev–Trinajstić information content (AvgIpc) is 2.60. The largest absolute Gasteiger partial charge is 0.377 e. The van der Waals surface area contributed by atoms with Crippen molar-refractivity contribution in [3.05, 3.63) is 70.9 Å². The Labute approximate surface area is 158 Å². The number of carbonyl (C=O) groups excluding carboxylic acids is 2. The Morgan fingerprint density at radius 3 is 2.56 bits per heavy atom. The molecule has 0 bridgehead atoms. The van der Waals surface area contributed by atoms with Crippen LogP contribution >= 0.6 is 0 Å². The molecule has 0 fully saturated rings. The van der Waals surface area contributed by atoms with Crippen LogP contribution in [0.4, 0.5) is 5.69 Å². The maximum atomic E-state index is 12.1. The normalized spacial score (nSPS) is 17.1. The summed E-state index contributed by atoms with van der Waals surface area (Å²) in [6.45, 7) is 5.59. The molecule has 0 spiro atoms. The van der Waals surface area contributed by atoms with Crippen LogP contribution in [0.5, 0.6) is 0 Å². The molecule has 27 heavy (non-hydrogen) atoms. The Morgan fingerprint density at radius 1 is 1.11 bits per heavy atom. The van der Waals surface area contributed by atoms with Gasteiger partial charge in [-0.15, -0.1) is 5.11 Å². The number of rotatable bonds is 4. The van der Waals surface area contributed by atoms with E-state index in [2.05, 4.69) is 29.4 Å². The molecule has 0 radical (unpaired) electrons. The fraction of sp³-hybridized carbons (Fsp3) is 0.238. The molecule has 1 amide bonds. The van der Waals surface area contributed by atoms with Gasteiger partial charge in [-0.25, -0.2) is 0 Å². The first-order valence-corrected chi connectivity index (χ1v) is 8.70. The third-order valence-electron chi connectivity index (χ3n) is 4.37. The number of ketones is 1. The minimum atomic E-state index is -0.670. The smallest absolute Gasteiger partial charge is 0.271 e. The highest BCUT2D eigenvalue weighted by molar-refractivity contribution is 6.00. The average molecular weight is 362 g/mol. The molecule has 1 aliphatic rings. The summed E-state index contributed by atoms with van der Waals surface area (Å²) in [6.07, 6.45) is 0.816. The van der Waals surface area contributed by atoms with Gasteiger partial charge in [-0.2, -0.15) is 5.11 Å². The molecular weight excluding hydrogens is 340 g/mol. The van der Waals surface area contributed by atoms with E-state index in [4.69, 9.17) is 5.73 Å². The Morgan fingerprint density at radius 2 is 1.85 bits per heavy atom. The molecular formula is C21H22N4O2. The number of hydrogen-bond donors (Lipinski definition) is 2. The van der Waals surface area contributed by atoms with Crippen LogP contribution in [0.25, 0.3) is 5.70 Å². The van der Waals surface area contributed by atoms with Crippen molar-refractivity contribution < 1.29 is 9.59 Å². The number of benzene rings is 2. The maximum absolute atomic E-state index is 12.1. The van der Waals surface area contributed by atoms with Crippen LogP contribution in [0.2, 0.25) is 0 Å². The molecule has 0 saturated heterocycles. The molecule has 0 unspecified atom stereocenters. The van der Waals surface area contributed by atoms with Crippen LogP contribution in [0, 0.1) is 0 Å². The molecule has 0 aliphatic carbocycles. The van der Waals surface area contributed by atoms with E-state index in [1.165, 1.54) is 6.92 Å². The van der Waals surface area contributed by atoms with E-state index in [1.807, 2.05) is 24.3 Å². The first kappa shape index (κ1) is 18.5. The lowest BCUT2D eigenvalue weighted by atomic mass is 9.85. The summed E-state index contributed by atoms with van der Waals surface area (Å²) in [7, 11) is 0. The fourth-order valence-corrected chi connectivity index (χ4v) is 3.15. The SMILES string of the molecule is CC(=O)c1cccc(/N=N/C(C(N)=O)=C2/NC(C)(C)Cc3ccccc32)c1. The minimum absolute atomic E-state index is 0.0588. The lowest BCUT2D eigenvalue weighted by Crippen LogP contribution is -2.44. The van der Waals surface area contributed by atoms with Crippen molar-refractivity contribution >= 4 is 23.1 Å². The molecule has 1 aliphatic heterocycles. The molecule has 138 valence electrons. The van der Waals surface area contributed by atoms with Gasteiger partial charge < -0.3 is 11.1 Å². The number of carbonyl (C=O) groups is 2. The van der Waals surface area contributed by atoms with Gasteiger partial charge in [0.2, 0.25) is 0 Å². The van der Waals surface area contributed by atoms with E-state index in [1.54, 1.807) is 24.3 Å². The van der Waals surface area contributed by atoms with Crippen LogP contribution in [0.1, 0.15) is 42.3 Å². The third-order valence-corrected chi connectivity index (χ3v) is 4.37. The number of nitrogens with zero attached hydrogens (tertiary/aromatic N) is 2. The van der Waals surface area contributed by atoms with E-state index in [0.717, 1.165) is 17.5 Å². The summed E-state index contributed by atoms with van der Waals surface area (Å²) in [4.78, 5) is 23.7. The lowest BCUT2D eigenvalue weighted by molar-refractivity contribution is -0.114. The van der Waals surface area contributed by atoms with E-state index in [-0.39, 0.29) is 17.0 Å². The standard InChI is InChI=1S/C21H22N4O2/c1-13(26)14-8-6-9-16(11-14)24-25-19(20(22)27)18-17-10-5-4-7-15(17)12-21(2,3)23-18/h4-11,23H,12H2,1-3H3,(H2,22,27)/b19-18+,25-24+. The van der Waals surface area contributed by atoms with Crippen molar-refractivity contribution in [2.45, 2.75) is 32.7 Å². The lowest BCUT2D eigenvalue weighted by Gasteiger charge is -2.35. The molecule has 2 aromatic carbocycles. The highest BCUT2D eigenvalue weighted by atomic mass is 16.1. The summed E-state index contributed by atoms with van der Waals surface area (Å²) in [5.74, 6) is -0.735. The van der Waals surface area contributed by atoms with Gasteiger partial charge in [0.15, 0.2) is 11.5 Å². The molecule has 6 heteroatoms. The van der Waals surface area contributed by atoms with E-state index in [9.17, 15) is 9.59 Å². The number of hydrogen-bond acceptors (Lipinski definition) is 5. The topological polar surface area (TPSA) is 96.9 Å². The third kappa shape index (κ3) is 4.11. The second-order valence-electron chi connectivity index (χ2n) is 7.24. The van der Waals surface area contributed by atoms with Gasteiger partial charge in [-0.1, -0.05) is 36.4 Å². The Hall–Kier alpha value is -3.28. The minimum Gasteiger partial charge on any atom is -0.377 e. The van der Waals surface area contributed by atoms with Crippen molar-refractivity contribution in [1.29, 1.82) is 0 Å². The summed E-state index contributed by atoms with van der Waals surface area (Å²) < 4.78 is 0. The molecule has 3 N–H and O–H groups in total. The number of nitrogens with one attached hydrogen (secondary N) is 1. The fourth-order valence-electron chi connectivity index (χ4n) is 3.15. The van der Waals surface area contributed by atoms with Crippen molar-refractivity contribution in [1.82, 2.24) is 5.32 Å². The van der Waals surface area contributed by atoms with Crippen molar-refractivity contribution in [2.75, 3.05) is 0 Å². The first-order valence-electron chi connectivity index (χ1n) is 8.70. The van der Waals surface area contributed by atoms with E-state index in [0.29, 0.717) is 16.9 Å². The van der Waals surface area contributed by atoms with Crippen molar-refractivity contribution in [3.63, 3.8) is 0 Å². The van der Waals surface area contributed by atoms with Crippen LogP contribution in [-0.2, 0) is 11.2 Å². The van der Waals surface area contributed by atoms with Crippen molar-refractivity contribution in [2.24, 2.45) is 16.0 Å². The number of primary amides is 1. The summed E-state index contributed by atoms with van der Waals surface area (Å²) in [5, 5.41) is 11.6. The number of Topliss-reactive ketones (excluding diaryl/α,β-unsaturated/α-hetero) is 1. The zero-order valence-electron chi connectivity index (χ0n) is 15.6. The van der Waals surface area contributed by atoms with Gasteiger partial charge in [0.1, 0.15) is 0 Å². The monoisotopic (exact) mass is 362 g/mol. The Balaban J connectivity index is 2.09. The Bertz CT molecular complexity index is 974. The number of fused-ring (bicyclic) bond motifs is 1. The van der Waals surface area contributed by atoms with Gasteiger partial charge in [-0.05, 0) is 44.9 Å². The molecule has 0 atom stereocenters. The number of azo groups is 1. The van der Waals surface area contributed by atoms with Crippen LogP contribution in [0.3, 0.4) is 0 Å². The summed E-state index contributed by atoms with van der Waals surface area (Å²) in [5.41, 5.74) is 9.00. The quantitative estimate of drug-likeness (QED) is 0.492. The molecule has 6 nitrogen and oxygen atoms in total. The van der Waals surface area contributed by atoms with Crippen LogP contribution in [0.15, 0.2) is 64.5 Å². The highest BCUT2D eigenvalue weighted by Crippen LogP contribution is 2.32. The second kappa shape index (κ2) is 7.15. The van der Waals surface area contributed by atoms with Gasteiger partial charge in [0, 0.05) is 16.7 Å². The predicted molar refractivity (Wildman–Crippen MR) is 104 cm³/mol. The van der Waals surface area contributed by atoms with Gasteiger partial charge in [-0.3, -0.25) is 9.59 Å². The zero-order chi connectivity index (χ0) is 19.6. The Kier molecular flexibility index (Phi) is 4.90. The van der Waals surface area contributed by atoms with E-state index >= 15 is 0 Å². The van der Waals surface area contributed by atoms with Gasteiger partial charge >= 0.3 is 0 Å². The number of nitrogens with two attached hydrogens (primary N) is 1. The molecule has 0 aromatic heterocycles. The number of amides is 1. The van der Waals surface area contributed by atoms with Crippen LogP contribution < -0.4 is 11.1 Å². The molecule has 3 rings (SSSR count). The maximum Gasteiger partial charge on any atom is 0.271 e. The van der Waals surface area contributed by atoms with Gasteiger partial charge in [0.25, 0.3) is 5.91 Å².